The summed E-state index contributed by atoms with van der Waals surface area (Å²) in [7, 11) is 0. The second-order valence-corrected chi connectivity index (χ2v) is 6.89. The molecule has 3 rings (SSSR count). The number of nitrogens with two attached hydrogens (primary N) is 1. The molecule has 3 aromatic rings. The fourth-order valence-corrected chi connectivity index (χ4v) is 3.12. The molecule has 0 spiro atoms. The van der Waals surface area contributed by atoms with Crippen LogP contribution in [0.15, 0.2) is 84.9 Å². The number of benzene rings is 3. The van der Waals surface area contributed by atoms with Gasteiger partial charge in [0.25, 0.3) is 0 Å². The van der Waals surface area contributed by atoms with Crippen LogP contribution in [0.1, 0.15) is 30.4 Å². The van der Waals surface area contributed by atoms with Gasteiger partial charge in [-0.25, -0.2) is 0 Å². The van der Waals surface area contributed by atoms with Crippen LogP contribution in [-0.2, 0) is 9.59 Å². The highest BCUT2D eigenvalue weighted by Crippen LogP contribution is 2.22. The summed E-state index contributed by atoms with van der Waals surface area (Å²) in [5.41, 5.74) is 9.48. The Morgan fingerprint density at radius 1 is 0.900 bits per heavy atom. The minimum atomic E-state index is -0.265. The molecule has 30 heavy (non-hydrogen) atoms. The molecular weight excluding hydrogens is 374 g/mol. The van der Waals surface area contributed by atoms with E-state index in [4.69, 9.17) is 5.73 Å². The Labute approximate surface area is 176 Å². The van der Waals surface area contributed by atoms with Gasteiger partial charge in [-0.3, -0.25) is 9.59 Å². The number of nitrogen functional groups attached to an aromatic ring is 1. The Hall–Kier alpha value is -3.86. The van der Waals surface area contributed by atoms with Crippen molar-refractivity contribution in [3.63, 3.8) is 0 Å². The second kappa shape index (κ2) is 10.1. The highest BCUT2D eigenvalue weighted by molar-refractivity contribution is 6.03. The molecule has 0 aliphatic rings. The molecule has 0 radical (unpaired) electrons. The third kappa shape index (κ3) is 5.58. The van der Waals surface area contributed by atoms with Gasteiger partial charge in [0, 0.05) is 11.8 Å². The zero-order valence-electron chi connectivity index (χ0n) is 16.8. The van der Waals surface area contributed by atoms with Gasteiger partial charge in [0.2, 0.25) is 11.8 Å². The maximum absolute atomic E-state index is 12.7. The summed E-state index contributed by atoms with van der Waals surface area (Å²) in [5.74, 6) is -0.495. The number of rotatable bonds is 7. The van der Waals surface area contributed by atoms with Crippen molar-refractivity contribution in [3.8, 4) is 0 Å². The molecule has 4 N–H and O–H groups in total. The monoisotopic (exact) mass is 399 g/mol. The van der Waals surface area contributed by atoms with Gasteiger partial charge in [0.1, 0.15) is 0 Å². The molecule has 3 aromatic carbocycles. The maximum Gasteiger partial charge on any atom is 0.248 e. The van der Waals surface area contributed by atoms with Crippen molar-refractivity contribution < 1.29 is 9.59 Å². The third-order valence-corrected chi connectivity index (χ3v) is 4.75. The minimum absolute atomic E-state index is 0.0354. The van der Waals surface area contributed by atoms with Crippen LogP contribution in [0.2, 0.25) is 0 Å². The van der Waals surface area contributed by atoms with Crippen molar-refractivity contribution in [3.05, 3.63) is 96.1 Å². The second-order valence-electron chi connectivity index (χ2n) is 6.89. The van der Waals surface area contributed by atoms with Crippen LogP contribution in [-0.4, -0.2) is 11.8 Å². The zero-order valence-corrected chi connectivity index (χ0v) is 16.8. The lowest BCUT2D eigenvalue weighted by molar-refractivity contribution is -0.117. The van der Waals surface area contributed by atoms with E-state index >= 15 is 0 Å². The molecule has 0 heterocycles. The van der Waals surface area contributed by atoms with Crippen molar-refractivity contribution in [1.29, 1.82) is 0 Å². The summed E-state index contributed by atoms with van der Waals surface area (Å²) in [6, 6.07) is 24.2. The molecule has 0 saturated heterocycles. The highest BCUT2D eigenvalue weighted by atomic mass is 16.2. The molecule has 0 aliphatic carbocycles. The highest BCUT2D eigenvalue weighted by Gasteiger charge is 2.18. The molecular formula is C25H25N3O2. The van der Waals surface area contributed by atoms with Gasteiger partial charge in [-0.2, -0.15) is 0 Å². The van der Waals surface area contributed by atoms with Crippen LogP contribution in [0, 0.1) is 0 Å². The topological polar surface area (TPSA) is 84.2 Å². The van der Waals surface area contributed by atoms with Crippen LogP contribution < -0.4 is 16.4 Å². The molecule has 5 nitrogen and oxygen atoms in total. The van der Waals surface area contributed by atoms with Crippen LogP contribution >= 0.6 is 0 Å². The lowest BCUT2D eigenvalue weighted by atomic mass is 9.95. The van der Waals surface area contributed by atoms with Crippen molar-refractivity contribution in [1.82, 2.24) is 0 Å². The number of hydrogen-bond donors (Lipinski definition) is 3. The molecule has 0 aromatic heterocycles. The van der Waals surface area contributed by atoms with Crippen LogP contribution in [0.5, 0.6) is 0 Å². The van der Waals surface area contributed by atoms with Crippen LogP contribution in [0.25, 0.3) is 6.08 Å². The van der Waals surface area contributed by atoms with Crippen molar-refractivity contribution >= 4 is 35.0 Å². The number of carbonyl (C=O) groups is 2. The van der Waals surface area contributed by atoms with E-state index in [2.05, 4.69) is 10.6 Å². The lowest BCUT2D eigenvalue weighted by Crippen LogP contribution is -2.20. The summed E-state index contributed by atoms with van der Waals surface area (Å²) < 4.78 is 0. The van der Waals surface area contributed by atoms with Crippen LogP contribution in [0.3, 0.4) is 0 Å². The number of anilines is 3. The van der Waals surface area contributed by atoms with Gasteiger partial charge in [-0.1, -0.05) is 61.5 Å². The fourth-order valence-electron chi connectivity index (χ4n) is 3.12. The average Bonchev–Trinajstić information content (AvgIpc) is 2.76. The Morgan fingerprint density at radius 3 is 2.23 bits per heavy atom. The maximum atomic E-state index is 12.7. The SMILES string of the molecule is CC[C@@H](C(=O)Nc1ccc(/C=C/C(=O)Nc2ccccc2N)cc1)c1ccccc1. The number of carbonyl (C=O) groups excluding carboxylic acids is 2. The molecule has 5 heteroatoms. The Kier molecular flexibility index (Phi) is 7.00. The Bertz CT molecular complexity index is 1030. The first-order valence-electron chi connectivity index (χ1n) is 9.86. The molecule has 0 bridgehead atoms. The lowest BCUT2D eigenvalue weighted by Gasteiger charge is -2.15. The number of nitrogens with one attached hydrogen (secondary N) is 2. The van der Waals surface area contributed by atoms with E-state index in [9.17, 15) is 9.59 Å². The summed E-state index contributed by atoms with van der Waals surface area (Å²) in [6.07, 6.45) is 3.87. The van der Waals surface area contributed by atoms with Gasteiger partial charge >= 0.3 is 0 Å². The molecule has 152 valence electrons. The average molecular weight is 399 g/mol. The van der Waals surface area contributed by atoms with E-state index in [1.165, 1.54) is 6.08 Å². The molecule has 2 amide bonds. The van der Waals surface area contributed by atoms with Gasteiger partial charge < -0.3 is 16.4 Å². The van der Waals surface area contributed by atoms with E-state index in [1.807, 2.05) is 73.7 Å². The van der Waals surface area contributed by atoms with Gasteiger partial charge in [0.15, 0.2) is 0 Å². The number of para-hydroxylation sites is 2. The number of amides is 2. The predicted molar refractivity (Wildman–Crippen MR) is 123 cm³/mol. The van der Waals surface area contributed by atoms with Gasteiger partial charge in [-0.15, -0.1) is 0 Å². The summed E-state index contributed by atoms with van der Waals surface area (Å²) in [6.45, 7) is 2.00. The standard InChI is InChI=1S/C25H25N3O2/c1-2-21(19-8-4-3-5-9-19)25(30)27-20-15-12-18(13-16-20)14-17-24(29)28-23-11-7-6-10-22(23)26/h3-17,21H,2,26H2,1H3,(H,27,30)(H,28,29)/b17-14+/t21-/m1/s1. The van der Waals surface area contributed by atoms with Crippen molar-refractivity contribution in [2.24, 2.45) is 0 Å². The third-order valence-electron chi connectivity index (χ3n) is 4.75. The first kappa shape index (κ1) is 20.9. The van der Waals surface area contributed by atoms with Gasteiger partial charge in [-0.05, 0) is 47.9 Å². The summed E-state index contributed by atoms with van der Waals surface area (Å²) >= 11 is 0. The van der Waals surface area contributed by atoms with E-state index in [0.717, 1.165) is 17.5 Å². The smallest absolute Gasteiger partial charge is 0.248 e. The predicted octanol–water partition coefficient (Wildman–Crippen LogP) is 5.05. The Balaban J connectivity index is 1.59. The van der Waals surface area contributed by atoms with E-state index in [0.29, 0.717) is 17.1 Å². The first-order chi connectivity index (χ1) is 14.6. The molecule has 0 aliphatic heterocycles. The van der Waals surface area contributed by atoms with Crippen molar-refractivity contribution in [2.75, 3.05) is 16.4 Å². The normalized spacial score (nSPS) is 11.8. The first-order valence-corrected chi connectivity index (χ1v) is 9.86. The van der Waals surface area contributed by atoms with E-state index in [-0.39, 0.29) is 17.7 Å². The zero-order chi connectivity index (χ0) is 21.3. The van der Waals surface area contributed by atoms with Crippen molar-refractivity contribution in [2.45, 2.75) is 19.3 Å². The van der Waals surface area contributed by atoms with Crippen LogP contribution in [0.4, 0.5) is 17.1 Å². The van der Waals surface area contributed by atoms with Gasteiger partial charge in [0.05, 0.1) is 17.3 Å². The molecule has 0 unspecified atom stereocenters. The largest absolute Gasteiger partial charge is 0.397 e. The fraction of sp³-hybridized carbons (Fsp3) is 0.120. The van der Waals surface area contributed by atoms with E-state index < -0.39 is 0 Å². The summed E-state index contributed by atoms with van der Waals surface area (Å²) in [5, 5.41) is 5.71. The molecule has 0 saturated carbocycles. The molecule has 0 fully saturated rings. The Morgan fingerprint density at radius 2 is 1.57 bits per heavy atom. The minimum Gasteiger partial charge on any atom is -0.397 e. The number of hydrogen-bond acceptors (Lipinski definition) is 3. The summed E-state index contributed by atoms with van der Waals surface area (Å²) in [4.78, 5) is 24.7. The van der Waals surface area contributed by atoms with E-state index in [1.54, 1.807) is 18.2 Å². The quantitative estimate of drug-likeness (QED) is 0.384. The molecule has 1 atom stereocenters.